The van der Waals surface area contributed by atoms with E-state index in [1.165, 1.54) is 5.56 Å². The van der Waals surface area contributed by atoms with Crippen LogP contribution in [0.4, 0.5) is 4.39 Å². The fourth-order valence-electron chi connectivity index (χ4n) is 2.50. The van der Waals surface area contributed by atoms with Crippen molar-refractivity contribution in [2.24, 2.45) is 5.92 Å². The van der Waals surface area contributed by atoms with Crippen molar-refractivity contribution in [1.29, 1.82) is 0 Å². The van der Waals surface area contributed by atoms with Gasteiger partial charge in [0.05, 0.1) is 0 Å². The molecule has 1 unspecified atom stereocenters. The third kappa shape index (κ3) is 3.53. The molecule has 1 aliphatic carbocycles. The van der Waals surface area contributed by atoms with Gasteiger partial charge in [0.25, 0.3) is 0 Å². The van der Waals surface area contributed by atoms with Gasteiger partial charge in [-0.3, -0.25) is 0 Å². The number of halogens is 1. The van der Waals surface area contributed by atoms with Crippen LogP contribution in [0.1, 0.15) is 31.2 Å². The van der Waals surface area contributed by atoms with Gasteiger partial charge in [-0.05, 0) is 42.4 Å². The average molecular weight is 251 g/mol. The Kier molecular flexibility index (Phi) is 4.72. The van der Waals surface area contributed by atoms with Gasteiger partial charge in [0, 0.05) is 26.3 Å². The number of benzene rings is 1. The predicted molar refractivity (Wildman–Crippen MR) is 71.2 cm³/mol. The van der Waals surface area contributed by atoms with Crippen LogP contribution in [0.2, 0.25) is 0 Å². The van der Waals surface area contributed by atoms with Crippen LogP contribution in [0, 0.1) is 11.7 Å². The maximum atomic E-state index is 12.8. The fraction of sp³-hybridized carbons (Fsp3) is 0.600. The zero-order valence-corrected chi connectivity index (χ0v) is 11.2. The average Bonchev–Trinajstić information content (AvgIpc) is 2.29. The number of rotatable bonds is 6. The van der Waals surface area contributed by atoms with E-state index in [9.17, 15) is 4.39 Å². The zero-order chi connectivity index (χ0) is 13.0. The first-order valence-electron chi connectivity index (χ1n) is 6.67. The Balaban J connectivity index is 1.69. The highest BCUT2D eigenvalue weighted by molar-refractivity contribution is 5.23. The molecule has 0 bridgehead atoms. The van der Waals surface area contributed by atoms with Crippen molar-refractivity contribution >= 4 is 0 Å². The fourth-order valence-corrected chi connectivity index (χ4v) is 2.50. The lowest BCUT2D eigenvalue weighted by molar-refractivity contribution is 0.152. The lowest BCUT2D eigenvalue weighted by Gasteiger charge is -2.37. The van der Waals surface area contributed by atoms with E-state index in [1.807, 2.05) is 12.1 Å². The molecule has 1 aliphatic rings. The molecule has 1 atom stereocenters. The van der Waals surface area contributed by atoms with Crippen molar-refractivity contribution in [3.63, 3.8) is 0 Å². The standard InChI is InChI=1S/C15H22FNO/c1-11(10-18-2)9-17-15-7-13(8-15)12-3-5-14(16)6-4-12/h3-6,11,13,15,17H,7-10H2,1-2H3. The Morgan fingerprint density at radius 3 is 2.61 bits per heavy atom. The first-order chi connectivity index (χ1) is 8.69. The summed E-state index contributed by atoms with van der Waals surface area (Å²) in [4.78, 5) is 0. The molecule has 0 aliphatic heterocycles. The third-order valence-corrected chi connectivity index (χ3v) is 3.69. The highest BCUT2D eigenvalue weighted by Crippen LogP contribution is 2.36. The summed E-state index contributed by atoms with van der Waals surface area (Å²) in [6, 6.07) is 7.53. The molecule has 1 saturated carbocycles. The molecular formula is C15H22FNO. The van der Waals surface area contributed by atoms with Crippen molar-refractivity contribution in [3.8, 4) is 0 Å². The Labute approximate surface area is 109 Å². The Morgan fingerprint density at radius 1 is 1.33 bits per heavy atom. The van der Waals surface area contributed by atoms with Crippen LogP contribution in [-0.2, 0) is 4.74 Å². The van der Waals surface area contributed by atoms with Crippen LogP contribution < -0.4 is 5.32 Å². The zero-order valence-electron chi connectivity index (χ0n) is 11.2. The molecule has 1 fully saturated rings. The highest BCUT2D eigenvalue weighted by atomic mass is 19.1. The van der Waals surface area contributed by atoms with Crippen molar-refractivity contribution in [2.45, 2.75) is 31.7 Å². The summed E-state index contributed by atoms with van der Waals surface area (Å²) in [6.45, 7) is 4.00. The quantitative estimate of drug-likeness (QED) is 0.839. The second-order valence-corrected chi connectivity index (χ2v) is 5.39. The number of hydrogen-bond donors (Lipinski definition) is 1. The molecule has 3 heteroatoms. The first kappa shape index (κ1) is 13.5. The Bertz CT molecular complexity index is 359. The van der Waals surface area contributed by atoms with Gasteiger partial charge in [-0.2, -0.15) is 0 Å². The second kappa shape index (κ2) is 6.30. The predicted octanol–water partition coefficient (Wildman–Crippen LogP) is 2.94. The molecule has 2 nitrogen and oxygen atoms in total. The largest absolute Gasteiger partial charge is 0.384 e. The van der Waals surface area contributed by atoms with E-state index in [1.54, 1.807) is 19.2 Å². The van der Waals surface area contributed by atoms with Gasteiger partial charge in [-0.1, -0.05) is 19.1 Å². The smallest absolute Gasteiger partial charge is 0.123 e. The van der Waals surface area contributed by atoms with E-state index in [2.05, 4.69) is 12.2 Å². The summed E-state index contributed by atoms with van der Waals surface area (Å²) < 4.78 is 17.9. The highest BCUT2D eigenvalue weighted by Gasteiger charge is 2.29. The van der Waals surface area contributed by atoms with Crippen molar-refractivity contribution < 1.29 is 9.13 Å². The van der Waals surface area contributed by atoms with Crippen LogP contribution in [0.5, 0.6) is 0 Å². The van der Waals surface area contributed by atoms with E-state index in [-0.39, 0.29) is 5.82 Å². The van der Waals surface area contributed by atoms with Crippen molar-refractivity contribution in [2.75, 3.05) is 20.3 Å². The van der Waals surface area contributed by atoms with E-state index in [4.69, 9.17) is 4.74 Å². The maximum Gasteiger partial charge on any atom is 0.123 e. The van der Waals surface area contributed by atoms with E-state index < -0.39 is 0 Å². The maximum absolute atomic E-state index is 12.8. The number of hydrogen-bond acceptors (Lipinski definition) is 2. The number of ether oxygens (including phenoxy) is 1. The summed E-state index contributed by atoms with van der Waals surface area (Å²) in [5.41, 5.74) is 1.26. The molecule has 0 aromatic heterocycles. The lowest BCUT2D eigenvalue weighted by Crippen LogP contribution is -2.42. The molecule has 18 heavy (non-hydrogen) atoms. The van der Waals surface area contributed by atoms with Crippen LogP contribution in [0.25, 0.3) is 0 Å². The van der Waals surface area contributed by atoms with Crippen LogP contribution in [0.15, 0.2) is 24.3 Å². The van der Waals surface area contributed by atoms with Gasteiger partial charge in [-0.25, -0.2) is 4.39 Å². The van der Waals surface area contributed by atoms with Crippen LogP contribution >= 0.6 is 0 Å². The minimum absolute atomic E-state index is 0.152. The molecule has 0 heterocycles. The van der Waals surface area contributed by atoms with Gasteiger partial charge in [-0.15, -0.1) is 0 Å². The van der Waals surface area contributed by atoms with Crippen molar-refractivity contribution in [1.82, 2.24) is 5.32 Å². The minimum Gasteiger partial charge on any atom is -0.384 e. The number of nitrogens with one attached hydrogen (secondary N) is 1. The molecule has 0 radical (unpaired) electrons. The van der Waals surface area contributed by atoms with Gasteiger partial charge >= 0.3 is 0 Å². The van der Waals surface area contributed by atoms with E-state index >= 15 is 0 Å². The topological polar surface area (TPSA) is 21.3 Å². The molecule has 2 rings (SSSR count). The van der Waals surface area contributed by atoms with Gasteiger partial charge in [0.15, 0.2) is 0 Å². The summed E-state index contributed by atoms with van der Waals surface area (Å²) in [5.74, 6) is 1.00. The summed E-state index contributed by atoms with van der Waals surface area (Å²) in [6.07, 6.45) is 2.32. The van der Waals surface area contributed by atoms with Crippen LogP contribution in [-0.4, -0.2) is 26.3 Å². The third-order valence-electron chi connectivity index (χ3n) is 3.69. The molecule has 0 saturated heterocycles. The SMILES string of the molecule is COCC(C)CNC1CC(c2ccc(F)cc2)C1. The summed E-state index contributed by atoms with van der Waals surface area (Å²) in [5, 5.41) is 3.56. The molecule has 100 valence electrons. The summed E-state index contributed by atoms with van der Waals surface area (Å²) in [7, 11) is 1.74. The van der Waals surface area contributed by atoms with Gasteiger partial charge in [0.1, 0.15) is 5.82 Å². The van der Waals surface area contributed by atoms with E-state index in [0.717, 1.165) is 26.0 Å². The van der Waals surface area contributed by atoms with Gasteiger partial charge < -0.3 is 10.1 Å². The normalized spacial score (nSPS) is 24.6. The Morgan fingerprint density at radius 2 is 2.00 bits per heavy atom. The monoisotopic (exact) mass is 251 g/mol. The molecule has 1 aromatic rings. The van der Waals surface area contributed by atoms with Crippen molar-refractivity contribution in [3.05, 3.63) is 35.6 Å². The lowest BCUT2D eigenvalue weighted by atomic mass is 9.76. The summed E-state index contributed by atoms with van der Waals surface area (Å²) >= 11 is 0. The molecular weight excluding hydrogens is 229 g/mol. The molecule has 0 amide bonds. The van der Waals surface area contributed by atoms with E-state index in [0.29, 0.717) is 17.9 Å². The first-order valence-corrected chi connectivity index (χ1v) is 6.67. The Hall–Kier alpha value is -0.930. The second-order valence-electron chi connectivity index (χ2n) is 5.39. The van der Waals surface area contributed by atoms with Crippen LogP contribution in [0.3, 0.4) is 0 Å². The number of methoxy groups -OCH3 is 1. The molecule has 1 N–H and O–H groups in total. The van der Waals surface area contributed by atoms with Gasteiger partial charge in [0.2, 0.25) is 0 Å². The molecule has 1 aromatic carbocycles. The molecule has 0 spiro atoms. The minimum atomic E-state index is -0.152.